The molecule has 5 heteroatoms. The van der Waals surface area contributed by atoms with E-state index in [9.17, 15) is 4.79 Å². The van der Waals surface area contributed by atoms with Crippen LogP contribution in [0.3, 0.4) is 0 Å². The lowest BCUT2D eigenvalue weighted by Crippen LogP contribution is -2.51. The molecule has 0 radical (unpaired) electrons. The van der Waals surface area contributed by atoms with Crippen LogP contribution in [-0.4, -0.2) is 49.7 Å². The molecule has 2 rings (SSSR count). The smallest absolute Gasteiger partial charge is 0.239 e. The van der Waals surface area contributed by atoms with Crippen molar-refractivity contribution in [3.63, 3.8) is 0 Å². The average Bonchev–Trinajstić information content (AvgIpc) is 2.39. The summed E-state index contributed by atoms with van der Waals surface area (Å²) in [5.41, 5.74) is 0. The maximum atomic E-state index is 12.2. The Bertz CT molecular complexity index is 237. The van der Waals surface area contributed by atoms with Gasteiger partial charge in [-0.1, -0.05) is 6.42 Å². The summed E-state index contributed by atoms with van der Waals surface area (Å²) in [5.74, 6) is 0.300. The molecule has 0 spiro atoms. The summed E-state index contributed by atoms with van der Waals surface area (Å²) in [6.07, 6.45) is 5.70. The SMILES string of the molecule is COC1CCN(C(=O)[C@@H]2CCCCN2)CC1.Cl. The third-order valence-electron chi connectivity index (χ3n) is 3.70. The van der Waals surface area contributed by atoms with Crippen molar-refractivity contribution in [2.24, 2.45) is 0 Å². The number of ether oxygens (including phenoxy) is 1. The number of likely N-dealkylation sites (tertiary alicyclic amines) is 1. The maximum Gasteiger partial charge on any atom is 0.239 e. The van der Waals surface area contributed by atoms with E-state index in [0.717, 1.165) is 38.9 Å². The number of carbonyl (C=O) groups is 1. The first-order valence-corrected chi connectivity index (χ1v) is 6.36. The molecule has 2 aliphatic rings. The quantitative estimate of drug-likeness (QED) is 0.813. The minimum atomic E-state index is 0. The zero-order chi connectivity index (χ0) is 11.4. The molecule has 4 nitrogen and oxygen atoms in total. The summed E-state index contributed by atoms with van der Waals surface area (Å²) in [7, 11) is 1.75. The predicted octanol–water partition coefficient (Wildman–Crippen LogP) is 1.19. The zero-order valence-electron chi connectivity index (χ0n) is 10.5. The topological polar surface area (TPSA) is 41.6 Å². The second-order valence-electron chi connectivity index (χ2n) is 4.76. The van der Waals surface area contributed by atoms with Gasteiger partial charge in [0.1, 0.15) is 0 Å². The highest BCUT2D eigenvalue weighted by molar-refractivity contribution is 5.85. The monoisotopic (exact) mass is 262 g/mol. The van der Waals surface area contributed by atoms with Gasteiger partial charge in [0.15, 0.2) is 0 Å². The summed E-state index contributed by atoms with van der Waals surface area (Å²) in [6, 6.07) is 0.0767. The molecule has 2 heterocycles. The van der Waals surface area contributed by atoms with Gasteiger partial charge in [0.2, 0.25) is 5.91 Å². The number of carbonyl (C=O) groups excluding carboxylic acids is 1. The van der Waals surface area contributed by atoms with E-state index in [1.807, 2.05) is 4.90 Å². The Morgan fingerprint density at radius 3 is 2.47 bits per heavy atom. The molecule has 100 valence electrons. The second-order valence-corrected chi connectivity index (χ2v) is 4.76. The van der Waals surface area contributed by atoms with Crippen LogP contribution in [0.4, 0.5) is 0 Å². The van der Waals surface area contributed by atoms with Crippen LogP contribution in [-0.2, 0) is 9.53 Å². The Morgan fingerprint density at radius 1 is 1.24 bits per heavy atom. The summed E-state index contributed by atoms with van der Waals surface area (Å²) >= 11 is 0. The molecule has 0 saturated carbocycles. The Hall–Kier alpha value is -0.320. The van der Waals surface area contributed by atoms with E-state index in [0.29, 0.717) is 12.0 Å². The van der Waals surface area contributed by atoms with Crippen molar-refractivity contribution in [1.82, 2.24) is 10.2 Å². The Balaban J connectivity index is 0.00000144. The van der Waals surface area contributed by atoms with Gasteiger partial charge in [0, 0.05) is 20.2 Å². The van der Waals surface area contributed by atoms with E-state index in [4.69, 9.17) is 4.74 Å². The number of nitrogens with one attached hydrogen (secondary N) is 1. The molecule has 0 unspecified atom stereocenters. The Morgan fingerprint density at radius 2 is 1.94 bits per heavy atom. The van der Waals surface area contributed by atoms with Gasteiger partial charge in [-0.05, 0) is 32.2 Å². The first-order chi connectivity index (χ1) is 7.81. The fraction of sp³-hybridized carbons (Fsp3) is 0.917. The molecule has 0 aliphatic carbocycles. The van der Waals surface area contributed by atoms with Crippen molar-refractivity contribution < 1.29 is 9.53 Å². The minimum Gasteiger partial charge on any atom is -0.381 e. The first kappa shape index (κ1) is 14.7. The van der Waals surface area contributed by atoms with Gasteiger partial charge in [-0.15, -0.1) is 12.4 Å². The summed E-state index contributed by atoms with van der Waals surface area (Å²) in [6.45, 7) is 2.70. The van der Waals surface area contributed by atoms with Crippen LogP contribution in [0.1, 0.15) is 32.1 Å². The molecule has 1 N–H and O–H groups in total. The molecule has 0 aromatic carbocycles. The van der Waals surface area contributed by atoms with E-state index < -0.39 is 0 Å². The molecule has 2 aliphatic heterocycles. The highest BCUT2D eigenvalue weighted by Gasteiger charge is 2.28. The molecule has 0 bridgehead atoms. The van der Waals surface area contributed by atoms with Gasteiger partial charge >= 0.3 is 0 Å². The second kappa shape index (κ2) is 7.19. The number of hydrogen-bond donors (Lipinski definition) is 1. The van der Waals surface area contributed by atoms with Crippen molar-refractivity contribution in [3.8, 4) is 0 Å². The predicted molar refractivity (Wildman–Crippen MR) is 69.5 cm³/mol. The van der Waals surface area contributed by atoms with Gasteiger partial charge < -0.3 is 15.0 Å². The molecule has 17 heavy (non-hydrogen) atoms. The first-order valence-electron chi connectivity index (χ1n) is 6.36. The number of piperidine rings is 2. The van der Waals surface area contributed by atoms with E-state index in [-0.39, 0.29) is 18.4 Å². The Kier molecular flexibility index (Phi) is 6.23. The zero-order valence-corrected chi connectivity index (χ0v) is 11.3. The van der Waals surface area contributed by atoms with E-state index >= 15 is 0 Å². The van der Waals surface area contributed by atoms with Crippen LogP contribution >= 0.6 is 12.4 Å². The molecule has 0 aromatic rings. The average molecular weight is 263 g/mol. The number of nitrogens with zero attached hydrogens (tertiary/aromatic N) is 1. The van der Waals surface area contributed by atoms with Gasteiger partial charge in [0.25, 0.3) is 0 Å². The third-order valence-corrected chi connectivity index (χ3v) is 3.70. The number of halogens is 1. The fourth-order valence-corrected chi connectivity index (χ4v) is 2.59. The highest BCUT2D eigenvalue weighted by Crippen LogP contribution is 2.16. The normalized spacial score (nSPS) is 26.4. The fourth-order valence-electron chi connectivity index (χ4n) is 2.59. The van der Waals surface area contributed by atoms with Crippen molar-refractivity contribution in [1.29, 1.82) is 0 Å². The van der Waals surface area contributed by atoms with Crippen molar-refractivity contribution >= 4 is 18.3 Å². The van der Waals surface area contributed by atoms with E-state index in [1.165, 1.54) is 12.8 Å². The summed E-state index contributed by atoms with van der Waals surface area (Å²) < 4.78 is 5.31. The van der Waals surface area contributed by atoms with Gasteiger partial charge in [-0.2, -0.15) is 0 Å². The Labute approximate surface area is 109 Å². The van der Waals surface area contributed by atoms with Crippen LogP contribution in [0.2, 0.25) is 0 Å². The van der Waals surface area contributed by atoms with Crippen LogP contribution in [0.25, 0.3) is 0 Å². The van der Waals surface area contributed by atoms with Crippen molar-refractivity contribution in [2.75, 3.05) is 26.7 Å². The molecule has 1 atom stereocenters. The summed E-state index contributed by atoms with van der Waals surface area (Å²) in [4.78, 5) is 14.2. The summed E-state index contributed by atoms with van der Waals surface area (Å²) in [5, 5.41) is 3.32. The van der Waals surface area contributed by atoms with Crippen molar-refractivity contribution in [2.45, 2.75) is 44.2 Å². The van der Waals surface area contributed by atoms with E-state index in [1.54, 1.807) is 7.11 Å². The number of hydrogen-bond acceptors (Lipinski definition) is 3. The van der Waals surface area contributed by atoms with Crippen LogP contribution in [0.15, 0.2) is 0 Å². The molecular formula is C12H23ClN2O2. The largest absolute Gasteiger partial charge is 0.381 e. The van der Waals surface area contributed by atoms with Gasteiger partial charge in [0.05, 0.1) is 12.1 Å². The maximum absolute atomic E-state index is 12.2. The number of rotatable bonds is 2. The number of amides is 1. The van der Waals surface area contributed by atoms with Crippen LogP contribution in [0, 0.1) is 0 Å². The number of methoxy groups -OCH3 is 1. The lowest BCUT2D eigenvalue weighted by atomic mass is 10.0. The van der Waals surface area contributed by atoms with Crippen molar-refractivity contribution in [3.05, 3.63) is 0 Å². The molecular weight excluding hydrogens is 240 g/mol. The van der Waals surface area contributed by atoms with Gasteiger partial charge in [-0.3, -0.25) is 4.79 Å². The lowest BCUT2D eigenvalue weighted by Gasteiger charge is -2.35. The molecule has 2 fully saturated rings. The molecule has 2 saturated heterocycles. The van der Waals surface area contributed by atoms with Crippen LogP contribution in [0.5, 0.6) is 0 Å². The standard InChI is InChI=1S/C12H22N2O2.ClH/c1-16-10-5-8-14(9-6-10)12(15)11-4-2-3-7-13-11;/h10-11,13H,2-9H2,1H3;1H/t11-;/m0./s1. The lowest BCUT2D eigenvalue weighted by molar-refractivity contribution is -0.136. The molecule has 0 aromatic heterocycles. The van der Waals surface area contributed by atoms with E-state index in [2.05, 4.69) is 5.32 Å². The van der Waals surface area contributed by atoms with Crippen LogP contribution < -0.4 is 5.32 Å². The minimum absolute atomic E-state index is 0. The highest BCUT2D eigenvalue weighted by atomic mass is 35.5. The van der Waals surface area contributed by atoms with Gasteiger partial charge in [-0.25, -0.2) is 0 Å². The third kappa shape index (κ3) is 3.83. The molecule has 1 amide bonds.